The van der Waals surface area contributed by atoms with Crippen LogP contribution < -0.4 is 4.90 Å². The van der Waals surface area contributed by atoms with Crippen molar-refractivity contribution in [3.8, 4) is 0 Å². The number of aromatic nitrogens is 2. The molecule has 0 amide bonds. The van der Waals surface area contributed by atoms with Crippen LogP contribution in [0, 0.1) is 5.82 Å². The second kappa shape index (κ2) is 7.29. The van der Waals surface area contributed by atoms with E-state index in [0.29, 0.717) is 12.6 Å². The van der Waals surface area contributed by atoms with Crippen LogP contribution in [0.3, 0.4) is 0 Å². The first kappa shape index (κ1) is 17.4. The zero-order valence-corrected chi connectivity index (χ0v) is 15.1. The van der Waals surface area contributed by atoms with Gasteiger partial charge in [-0.05, 0) is 43.1 Å². The number of piperidine rings is 1. The minimum absolute atomic E-state index is 0.0913. The lowest BCUT2D eigenvalue weighted by Crippen LogP contribution is -2.48. The molecule has 2 aromatic rings. The number of halogens is 1. The summed E-state index contributed by atoms with van der Waals surface area (Å²) in [6.07, 6.45) is 6.75. The molecular weight excluding hydrogens is 331 g/mol. The summed E-state index contributed by atoms with van der Waals surface area (Å²) in [4.78, 5) is 13.3. The van der Waals surface area contributed by atoms with Gasteiger partial charge < -0.3 is 9.64 Å². The largest absolute Gasteiger partial charge is 0.371 e. The van der Waals surface area contributed by atoms with Crippen LogP contribution in [0.2, 0.25) is 0 Å². The molecule has 3 heterocycles. The quantitative estimate of drug-likeness (QED) is 0.843. The highest BCUT2D eigenvalue weighted by atomic mass is 19.1. The van der Waals surface area contributed by atoms with Gasteiger partial charge in [-0.25, -0.2) is 14.4 Å². The zero-order chi connectivity index (χ0) is 18.0. The fourth-order valence-corrected chi connectivity index (χ4v) is 4.16. The Morgan fingerprint density at radius 1 is 1.27 bits per heavy atom. The van der Waals surface area contributed by atoms with Crippen LogP contribution >= 0.6 is 0 Å². The van der Waals surface area contributed by atoms with Crippen LogP contribution in [-0.4, -0.2) is 53.3 Å². The van der Waals surface area contributed by atoms with Gasteiger partial charge >= 0.3 is 0 Å². The summed E-state index contributed by atoms with van der Waals surface area (Å²) in [7, 11) is 2.04. The monoisotopic (exact) mass is 356 g/mol. The molecule has 0 aliphatic carbocycles. The van der Waals surface area contributed by atoms with Crippen LogP contribution in [0.1, 0.15) is 24.8 Å². The first-order valence-corrected chi connectivity index (χ1v) is 9.24. The lowest BCUT2D eigenvalue weighted by atomic mass is 9.88. The summed E-state index contributed by atoms with van der Waals surface area (Å²) in [6, 6.07) is 8.93. The molecule has 0 saturated carbocycles. The smallest absolute Gasteiger partial charge is 0.225 e. The lowest BCUT2D eigenvalue weighted by Gasteiger charge is -2.40. The molecule has 0 N–H and O–H groups in total. The molecule has 5 nitrogen and oxygen atoms in total. The van der Waals surface area contributed by atoms with Gasteiger partial charge in [-0.15, -0.1) is 0 Å². The predicted molar refractivity (Wildman–Crippen MR) is 98.4 cm³/mol. The molecule has 1 aromatic heterocycles. The van der Waals surface area contributed by atoms with Crippen molar-refractivity contribution in [3.05, 3.63) is 54.1 Å². The highest BCUT2D eigenvalue weighted by Crippen LogP contribution is 2.37. The summed E-state index contributed by atoms with van der Waals surface area (Å²) in [5.41, 5.74) is 1.05. The maximum atomic E-state index is 13.1. The SMILES string of the molecule is CN(c1ncccn1)[C@@H]1CO[C@@]2(CCCN(Cc3ccc(F)cc3)C2)C1. The Morgan fingerprint density at radius 3 is 2.81 bits per heavy atom. The third-order valence-corrected chi connectivity index (χ3v) is 5.54. The van der Waals surface area contributed by atoms with E-state index in [1.807, 2.05) is 25.2 Å². The number of benzene rings is 1. The number of anilines is 1. The molecule has 6 heteroatoms. The third kappa shape index (κ3) is 3.71. The highest BCUT2D eigenvalue weighted by Gasteiger charge is 2.44. The molecule has 2 saturated heterocycles. The minimum Gasteiger partial charge on any atom is -0.371 e. The highest BCUT2D eigenvalue weighted by molar-refractivity contribution is 5.30. The number of likely N-dealkylation sites (N-methyl/N-ethyl adjacent to an activating group) is 1. The summed E-state index contributed by atoms with van der Waals surface area (Å²) < 4.78 is 19.4. The number of rotatable bonds is 4. The minimum atomic E-state index is -0.183. The van der Waals surface area contributed by atoms with E-state index < -0.39 is 0 Å². The predicted octanol–water partition coefficient (Wildman–Crippen LogP) is 2.88. The van der Waals surface area contributed by atoms with Gasteiger partial charge in [0.05, 0.1) is 18.2 Å². The van der Waals surface area contributed by atoms with Gasteiger partial charge in [0.25, 0.3) is 0 Å². The molecule has 4 rings (SSSR count). The van der Waals surface area contributed by atoms with Crippen molar-refractivity contribution in [2.75, 3.05) is 31.6 Å². The van der Waals surface area contributed by atoms with E-state index >= 15 is 0 Å². The maximum absolute atomic E-state index is 13.1. The van der Waals surface area contributed by atoms with E-state index in [2.05, 4.69) is 19.8 Å². The Kier molecular flexibility index (Phi) is 4.87. The fourth-order valence-electron chi connectivity index (χ4n) is 4.16. The number of hydrogen-bond acceptors (Lipinski definition) is 5. The van der Waals surface area contributed by atoms with Crippen LogP contribution in [0.25, 0.3) is 0 Å². The summed E-state index contributed by atoms with van der Waals surface area (Å²) in [5.74, 6) is 0.564. The van der Waals surface area contributed by atoms with Crippen LogP contribution in [0.4, 0.5) is 10.3 Å². The first-order chi connectivity index (χ1) is 12.6. The molecular formula is C20H25FN4O. The lowest BCUT2D eigenvalue weighted by molar-refractivity contribution is -0.0533. The Bertz CT molecular complexity index is 726. The van der Waals surface area contributed by atoms with Crippen molar-refractivity contribution in [1.29, 1.82) is 0 Å². The second-order valence-electron chi connectivity index (χ2n) is 7.45. The van der Waals surface area contributed by atoms with E-state index in [-0.39, 0.29) is 11.4 Å². The van der Waals surface area contributed by atoms with Gasteiger partial charge in [0.15, 0.2) is 0 Å². The number of ether oxygens (including phenoxy) is 1. The van der Waals surface area contributed by atoms with Gasteiger partial charge in [-0.3, -0.25) is 4.90 Å². The molecule has 2 aliphatic heterocycles. The standard InChI is InChI=1S/C20H25FN4O/c1-24(19-22-9-3-10-23-19)18-12-20(26-14-18)8-2-11-25(15-20)13-16-4-6-17(21)7-5-16/h3-7,9-10,18H,2,8,11-15H2,1H3/t18-,20-/m0/s1. The summed E-state index contributed by atoms with van der Waals surface area (Å²) >= 11 is 0. The summed E-state index contributed by atoms with van der Waals surface area (Å²) in [5, 5.41) is 0. The molecule has 1 aromatic carbocycles. The Hall–Kier alpha value is -2.05. The number of hydrogen-bond donors (Lipinski definition) is 0. The van der Waals surface area contributed by atoms with Gasteiger partial charge in [0.1, 0.15) is 5.82 Å². The normalized spacial score (nSPS) is 26.3. The number of nitrogens with zero attached hydrogens (tertiary/aromatic N) is 4. The van der Waals surface area contributed by atoms with Crippen molar-refractivity contribution in [3.63, 3.8) is 0 Å². The van der Waals surface area contributed by atoms with Crippen molar-refractivity contribution in [2.45, 2.75) is 37.5 Å². The molecule has 26 heavy (non-hydrogen) atoms. The van der Waals surface area contributed by atoms with Crippen LogP contribution in [0.15, 0.2) is 42.7 Å². The van der Waals surface area contributed by atoms with Crippen molar-refractivity contribution >= 4 is 5.95 Å². The van der Waals surface area contributed by atoms with Gasteiger partial charge in [0, 0.05) is 39.0 Å². The number of likely N-dealkylation sites (tertiary alicyclic amines) is 1. The second-order valence-corrected chi connectivity index (χ2v) is 7.45. The Balaban J connectivity index is 1.40. The van der Waals surface area contributed by atoms with Gasteiger partial charge in [0.2, 0.25) is 5.95 Å². The van der Waals surface area contributed by atoms with Crippen LogP contribution in [-0.2, 0) is 11.3 Å². The third-order valence-electron chi connectivity index (χ3n) is 5.54. The zero-order valence-electron chi connectivity index (χ0n) is 15.1. The van der Waals surface area contributed by atoms with Gasteiger partial charge in [-0.1, -0.05) is 12.1 Å². The van der Waals surface area contributed by atoms with Crippen molar-refractivity contribution in [2.24, 2.45) is 0 Å². The molecule has 0 unspecified atom stereocenters. The average molecular weight is 356 g/mol. The van der Waals surface area contributed by atoms with Crippen molar-refractivity contribution in [1.82, 2.24) is 14.9 Å². The summed E-state index contributed by atoms with van der Waals surface area (Å²) in [6.45, 7) is 3.53. The molecule has 2 aliphatic rings. The molecule has 1 spiro atoms. The van der Waals surface area contributed by atoms with E-state index in [1.165, 1.54) is 12.1 Å². The maximum Gasteiger partial charge on any atom is 0.225 e. The molecule has 138 valence electrons. The Labute approximate surface area is 153 Å². The Morgan fingerprint density at radius 2 is 2.04 bits per heavy atom. The van der Waals surface area contributed by atoms with Crippen molar-refractivity contribution < 1.29 is 9.13 Å². The fraction of sp³-hybridized carbons (Fsp3) is 0.500. The molecule has 0 bridgehead atoms. The van der Waals surface area contributed by atoms with E-state index in [0.717, 1.165) is 50.4 Å². The topological polar surface area (TPSA) is 41.5 Å². The van der Waals surface area contributed by atoms with E-state index in [4.69, 9.17) is 4.74 Å². The molecule has 2 fully saturated rings. The first-order valence-electron chi connectivity index (χ1n) is 9.24. The van der Waals surface area contributed by atoms with Gasteiger partial charge in [-0.2, -0.15) is 0 Å². The van der Waals surface area contributed by atoms with E-state index in [1.54, 1.807) is 12.4 Å². The molecule has 2 atom stereocenters. The average Bonchev–Trinajstić information content (AvgIpc) is 3.07. The molecule has 0 radical (unpaired) electrons. The van der Waals surface area contributed by atoms with E-state index in [9.17, 15) is 4.39 Å². The van der Waals surface area contributed by atoms with Crippen LogP contribution in [0.5, 0.6) is 0 Å².